The summed E-state index contributed by atoms with van der Waals surface area (Å²) in [4.78, 5) is 4.32. The Hall–Kier alpha value is -2.37. The van der Waals surface area contributed by atoms with Crippen LogP contribution in [-0.4, -0.2) is 4.98 Å². The van der Waals surface area contributed by atoms with Crippen molar-refractivity contribution < 1.29 is 8.78 Å². The second kappa shape index (κ2) is 5.55. The van der Waals surface area contributed by atoms with E-state index < -0.39 is 17.7 Å². The van der Waals surface area contributed by atoms with Crippen molar-refractivity contribution in [2.24, 2.45) is 5.84 Å². The Morgan fingerprint density at radius 3 is 2.67 bits per heavy atom. The third-order valence-electron chi connectivity index (χ3n) is 3.38. The van der Waals surface area contributed by atoms with Gasteiger partial charge in [0.2, 0.25) is 0 Å². The molecule has 1 heterocycles. The number of halogens is 2. The lowest BCUT2D eigenvalue weighted by Crippen LogP contribution is -2.29. The molecular weight excluding hydrogens is 272 g/mol. The minimum Gasteiger partial charge on any atom is -0.271 e. The quantitative estimate of drug-likeness (QED) is 0.574. The summed E-state index contributed by atoms with van der Waals surface area (Å²) >= 11 is 0. The fourth-order valence-electron chi connectivity index (χ4n) is 2.35. The van der Waals surface area contributed by atoms with E-state index in [1.807, 2.05) is 30.3 Å². The lowest BCUT2D eigenvalue weighted by atomic mass is 9.99. The summed E-state index contributed by atoms with van der Waals surface area (Å²) in [5, 5.41) is 0.909. The zero-order chi connectivity index (χ0) is 14.8. The summed E-state index contributed by atoms with van der Waals surface area (Å²) in [6, 6.07) is 12.0. The monoisotopic (exact) mass is 285 g/mol. The highest BCUT2D eigenvalue weighted by Gasteiger charge is 2.18. The van der Waals surface area contributed by atoms with E-state index in [0.29, 0.717) is 5.56 Å². The van der Waals surface area contributed by atoms with Crippen LogP contribution in [0.25, 0.3) is 10.9 Å². The minimum atomic E-state index is -0.669. The maximum Gasteiger partial charge on any atom is 0.128 e. The molecule has 0 saturated carbocycles. The first-order valence-corrected chi connectivity index (χ1v) is 6.45. The molecule has 1 unspecified atom stereocenters. The van der Waals surface area contributed by atoms with Gasteiger partial charge in [-0.1, -0.05) is 18.2 Å². The predicted molar refractivity (Wildman–Crippen MR) is 77.3 cm³/mol. The molecule has 3 rings (SSSR count). The maximum absolute atomic E-state index is 13.9. The van der Waals surface area contributed by atoms with Crippen LogP contribution in [0.4, 0.5) is 8.78 Å². The standard InChI is InChI=1S/C16H13F2N3/c17-12-5-6-14(18)13(8-12)16(21-19)11-7-10-3-1-2-4-15(10)20-9-11/h1-9,16,21H,19H2. The largest absolute Gasteiger partial charge is 0.271 e. The lowest BCUT2D eigenvalue weighted by Gasteiger charge is -2.17. The van der Waals surface area contributed by atoms with Gasteiger partial charge in [0.15, 0.2) is 0 Å². The average Bonchev–Trinajstić information content (AvgIpc) is 2.51. The van der Waals surface area contributed by atoms with Crippen LogP contribution < -0.4 is 11.3 Å². The number of nitrogens with two attached hydrogens (primary N) is 1. The van der Waals surface area contributed by atoms with Crippen LogP contribution in [0.1, 0.15) is 17.2 Å². The Morgan fingerprint density at radius 1 is 1.05 bits per heavy atom. The van der Waals surface area contributed by atoms with Crippen LogP contribution in [0.15, 0.2) is 54.7 Å². The first-order valence-electron chi connectivity index (χ1n) is 6.45. The van der Waals surface area contributed by atoms with E-state index in [1.54, 1.807) is 6.20 Å². The number of fused-ring (bicyclic) bond motifs is 1. The fourth-order valence-corrected chi connectivity index (χ4v) is 2.35. The van der Waals surface area contributed by atoms with Crippen molar-refractivity contribution in [1.29, 1.82) is 0 Å². The van der Waals surface area contributed by atoms with Gasteiger partial charge in [-0.15, -0.1) is 0 Å². The Morgan fingerprint density at radius 2 is 1.86 bits per heavy atom. The smallest absolute Gasteiger partial charge is 0.128 e. The van der Waals surface area contributed by atoms with E-state index in [9.17, 15) is 8.78 Å². The summed E-state index contributed by atoms with van der Waals surface area (Å²) in [6.45, 7) is 0. The molecule has 5 heteroatoms. The summed E-state index contributed by atoms with van der Waals surface area (Å²) in [5.41, 5.74) is 4.17. The fraction of sp³-hybridized carbons (Fsp3) is 0.0625. The topological polar surface area (TPSA) is 50.9 Å². The molecular formula is C16H13F2N3. The molecule has 21 heavy (non-hydrogen) atoms. The highest BCUT2D eigenvalue weighted by Crippen LogP contribution is 2.26. The molecule has 0 fully saturated rings. The van der Waals surface area contributed by atoms with E-state index in [1.165, 1.54) is 0 Å². The third-order valence-corrected chi connectivity index (χ3v) is 3.38. The van der Waals surface area contributed by atoms with Crippen molar-refractivity contribution in [1.82, 2.24) is 10.4 Å². The second-order valence-electron chi connectivity index (χ2n) is 4.73. The summed E-state index contributed by atoms with van der Waals surface area (Å²) in [6.07, 6.45) is 1.61. The maximum atomic E-state index is 13.9. The van der Waals surface area contributed by atoms with Gasteiger partial charge in [0.05, 0.1) is 11.6 Å². The molecule has 0 radical (unpaired) electrons. The van der Waals surface area contributed by atoms with Gasteiger partial charge in [-0.3, -0.25) is 10.8 Å². The number of aromatic nitrogens is 1. The summed E-state index contributed by atoms with van der Waals surface area (Å²) in [7, 11) is 0. The molecule has 0 amide bonds. The van der Waals surface area contributed by atoms with Gasteiger partial charge in [-0.05, 0) is 35.9 Å². The molecule has 2 aromatic carbocycles. The molecule has 1 atom stereocenters. The van der Waals surface area contributed by atoms with Gasteiger partial charge in [-0.25, -0.2) is 14.2 Å². The van der Waals surface area contributed by atoms with Gasteiger partial charge in [0.1, 0.15) is 11.6 Å². The first-order chi connectivity index (χ1) is 10.2. The molecule has 3 aromatic rings. The minimum absolute atomic E-state index is 0.148. The molecule has 3 nitrogen and oxygen atoms in total. The van der Waals surface area contributed by atoms with E-state index in [2.05, 4.69) is 10.4 Å². The number of pyridine rings is 1. The van der Waals surface area contributed by atoms with Gasteiger partial charge < -0.3 is 0 Å². The van der Waals surface area contributed by atoms with E-state index >= 15 is 0 Å². The zero-order valence-corrected chi connectivity index (χ0v) is 11.1. The Balaban J connectivity index is 2.11. The Kier molecular flexibility index (Phi) is 3.60. The molecule has 0 aliphatic carbocycles. The summed E-state index contributed by atoms with van der Waals surface area (Å²) in [5.74, 6) is 4.50. The van der Waals surface area contributed by atoms with Gasteiger partial charge in [0.25, 0.3) is 0 Å². The van der Waals surface area contributed by atoms with E-state index in [4.69, 9.17) is 5.84 Å². The van der Waals surface area contributed by atoms with Crippen LogP contribution in [0.3, 0.4) is 0 Å². The second-order valence-corrected chi connectivity index (χ2v) is 4.73. The third kappa shape index (κ3) is 2.61. The number of rotatable bonds is 3. The van der Waals surface area contributed by atoms with E-state index in [0.717, 1.165) is 29.1 Å². The van der Waals surface area contributed by atoms with Crippen molar-refractivity contribution in [3.63, 3.8) is 0 Å². The van der Waals surface area contributed by atoms with Crippen LogP contribution in [0.2, 0.25) is 0 Å². The van der Waals surface area contributed by atoms with Gasteiger partial charge in [0, 0.05) is 17.1 Å². The molecule has 0 spiro atoms. The SMILES string of the molecule is NNC(c1cnc2ccccc2c1)c1cc(F)ccc1F. The van der Waals surface area contributed by atoms with Crippen LogP contribution in [-0.2, 0) is 0 Å². The number of nitrogens with zero attached hydrogens (tertiary/aromatic N) is 1. The molecule has 106 valence electrons. The van der Waals surface area contributed by atoms with Crippen molar-refractivity contribution in [3.8, 4) is 0 Å². The highest BCUT2D eigenvalue weighted by atomic mass is 19.1. The van der Waals surface area contributed by atoms with Crippen molar-refractivity contribution >= 4 is 10.9 Å². The van der Waals surface area contributed by atoms with Crippen molar-refractivity contribution in [3.05, 3.63) is 77.5 Å². The average molecular weight is 285 g/mol. The normalized spacial score (nSPS) is 12.5. The molecule has 0 aliphatic rings. The molecule has 1 aromatic heterocycles. The first kappa shape index (κ1) is 13.6. The van der Waals surface area contributed by atoms with Crippen LogP contribution in [0, 0.1) is 11.6 Å². The number of hydrogen-bond donors (Lipinski definition) is 2. The number of hydrogen-bond acceptors (Lipinski definition) is 3. The van der Waals surface area contributed by atoms with Crippen LogP contribution in [0.5, 0.6) is 0 Å². The lowest BCUT2D eigenvalue weighted by molar-refractivity contribution is 0.545. The molecule has 3 N–H and O–H groups in total. The molecule has 0 saturated heterocycles. The van der Waals surface area contributed by atoms with Gasteiger partial charge in [-0.2, -0.15) is 0 Å². The molecule has 0 aliphatic heterocycles. The Bertz CT molecular complexity index is 789. The number of hydrazine groups is 1. The van der Waals surface area contributed by atoms with Crippen LogP contribution >= 0.6 is 0 Å². The van der Waals surface area contributed by atoms with Crippen molar-refractivity contribution in [2.45, 2.75) is 6.04 Å². The van der Waals surface area contributed by atoms with E-state index in [-0.39, 0.29) is 5.56 Å². The van der Waals surface area contributed by atoms with Gasteiger partial charge >= 0.3 is 0 Å². The molecule has 0 bridgehead atoms. The zero-order valence-electron chi connectivity index (χ0n) is 11.1. The number of benzene rings is 2. The predicted octanol–water partition coefficient (Wildman–Crippen LogP) is 3.07. The summed E-state index contributed by atoms with van der Waals surface area (Å²) < 4.78 is 27.3. The number of para-hydroxylation sites is 1. The number of nitrogens with one attached hydrogen (secondary N) is 1. The van der Waals surface area contributed by atoms with Crippen molar-refractivity contribution in [2.75, 3.05) is 0 Å². The highest BCUT2D eigenvalue weighted by molar-refractivity contribution is 5.78. The Labute approximate surface area is 120 Å².